The fourth-order valence-corrected chi connectivity index (χ4v) is 3.88. The zero-order chi connectivity index (χ0) is 19.5. The molecular formula is C20H16BrN5OS. The van der Waals surface area contributed by atoms with Crippen molar-refractivity contribution in [2.24, 2.45) is 0 Å². The molecule has 0 amide bonds. The summed E-state index contributed by atoms with van der Waals surface area (Å²) < 4.78 is 6.61. The van der Waals surface area contributed by atoms with Crippen molar-refractivity contribution in [3.8, 4) is 27.4 Å². The van der Waals surface area contributed by atoms with Gasteiger partial charge in [0.1, 0.15) is 16.6 Å². The van der Waals surface area contributed by atoms with E-state index in [2.05, 4.69) is 36.4 Å². The molecule has 2 aromatic heterocycles. The molecule has 2 heterocycles. The lowest BCUT2D eigenvalue weighted by Crippen LogP contribution is -1.94. The summed E-state index contributed by atoms with van der Waals surface area (Å²) in [6, 6.07) is 17.5. The van der Waals surface area contributed by atoms with Crippen molar-refractivity contribution in [2.75, 3.05) is 18.2 Å². The second kappa shape index (κ2) is 7.95. The van der Waals surface area contributed by atoms with Crippen LogP contribution in [0.15, 0.2) is 65.3 Å². The number of methoxy groups -OCH3 is 1. The van der Waals surface area contributed by atoms with E-state index in [4.69, 9.17) is 10.5 Å². The third-order valence-corrected chi connectivity index (χ3v) is 5.47. The maximum Gasteiger partial charge on any atom is 0.210 e. The zero-order valence-corrected chi connectivity index (χ0v) is 17.3. The lowest BCUT2D eigenvalue weighted by Gasteiger charge is -2.12. The molecule has 0 saturated heterocycles. The van der Waals surface area contributed by atoms with Gasteiger partial charge >= 0.3 is 0 Å². The molecule has 0 aliphatic heterocycles. The van der Waals surface area contributed by atoms with E-state index < -0.39 is 0 Å². The van der Waals surface area contributed by atoms with Crippen molar-refractivity contribution in [2.45, 2.75) is 0 Å². The van der Waals surface area contributed by atoms with Gasteiger partial charge in [0.2, 0.25) is 5.13 Å². The lowest BCUT2D eigenvalue weighted by molar-refractivity contribution is 0.416. The SMILES string of the molecule is COc1cccc(-c2nnc(Nc3ccc(Br)cc3)s2)c1-c1ccnc(N)c1. The zero-order valence-electron chi connectivity index (χ0n) is 14.9. The van der Waals surface area contributed by atoms with Gasteiger partial charge in [0, 0.05) is 27.5 Å². The summed E-state index contributed by atoms with van der Waals surface area (Å²) in [5.74, 6) is 1.19. The van der Waals surface area contributed by atoms with Gasteiger partial charge in [-0.2, -0.15) is 0 Å². The van der Waals surface area contributed by atoms with Crippen LogP contribution in [-0.2, 0) is 0 Å². The molecular weight excluding hydrogens is 438 g/mol. The van der Waals surface area contributed by atoms with Crippen molar-refractivity contribution in [3.63, 3.8) is 0 Å². The Morgan fingerprint density at radius 3 is 2.64 bits per heavy atom. The van der Waals surface area contributed by atoms with E-state index in [-0.39, 0.29) is 0 Å². The number of rotatable bonds is 5. The number of nitrogens with zero attached hydrogens (tertiary/aromatic N) is 3. The molecule has 0 unspecified atom stereocenters. The van der Waals surface area contributed by atoms with E-state index in [1.165, 1.54) is 11.3 Å². The Labute approximate surface area is 174 Å². The molecule has 4 aromatic rings. The minimum absolute atomic E-state index is 0.448. The average Bonchev–Trinajstić information content (AvgIpc) is 3.17. The topological polar surface area (TPSA) is 86.0 Å². The van der Waals surface area contributed by atoms with Crippen LogP contribution in [0.1, 0.15) is 0 Å². The highest BCUT2D eigenvalue weighted by Gasteiger charge is 2.17. The first kappa shape index (κ1) is 18.4. The van der Waals surface area contributed by atoms with Crippen LogP contribution in [0.2, 0.25) is 0 Å². The Hall–Kier alpha value is -2.97. The molecule has 8 heteroatoms. The number of halogens is 1. The van der Waals surface area contributed by atoms with Crippen LogP contribution in [0.4, 0.5) is 16.6 Å². The Bertz CT molecular complexity index is 1110. The highest BCUT2D eigenvalue weighted by atomic mass is 79.9. The molecule has 6 nitrogen and oxygen atoms in total. The minimum Gasteiger partial charge on any atom is -0.496 e. The maximum absolute atomic E-state index is 5.89. The van der Waals surface area contributed by atoms with Crippen molar-refractivity contribution < 1.29 is 4.74 Å². The molecule has 0 spiro atoms. The third kappa shape index (κ3) is 3.83. The molecule has 2 aromatic carbocycles. The highest BCUT2D eigenvalue weighted by molar-refractivity contribution is 9.10. The van der Waals surface area contributed by atoms with Crippen LogP contribution in [0.3, 0.4) is 0 Å². The van der Waals surface area contributed by atoms with Gasteiger partial charge in [-0.15, -0.1) is 10.2 Å². The van der Waals surface area contributed by atoms with Gasteiger partial charge in [-0.05, 0) is 48.0 Å². The summed E-state index contributed by atoms with van der Waals surface area (Å²) in [4.78, 5) is 4.08. The van der Waals surface area contributed by atoms with Crippen molar-refractivity contribution in [1.29, 1.82) is 0 Å². The molecule has 0 fully saturated rings. The average molecular weight is 454 g/mol. The van der Waals surface area contributed by atoms with Crippen LogP contribution >= 0.6 is 27.3 Å². The minimum atomic E-state index is 0.448. The first-order valence-corrected chi connectivity index (χ1v) is 10.0. The number of hydrogen-bond acceptors (Lipinski definition) is 7. The van der Waals surface area contributed by atoms with Crippen LogP contribution in [0.5, 0.6) is 5.75 Å². The van der Waals surface area contributed by atoms with Crippen LogP contribution in [0, 0.1) is 0 Å². The lowest BCUT2D eigenvalue weighted by atomic mass is 9.99. The molecule has 0 aliphatic rings. The maximum atomic E-state index is 5.89. The molecule has 140 valence electrons. The molecule has 0 radical (unpaired) electrons. The van der Waals surface area contributed by atoms with Gasteiger partial charge in [-0.3, -0.25) is 0 Å². The molecule has 0 aliphatic carbocycles. The van der Waals surface area contributed by atoms with E-state index in [1.807, 2.05) is 54.6 Å². The third-order valence-electron chi connectivity index (χ3n) is 4.07. The Morgan fingerprint density at radius 2 is 1.89 bits per heavy atom. The Morgan fingerprint density at radius 1 is 1.07 bits per heavy atom. The molecule has 3 N–H and O–H groups in total. The number of nitrogens with two attached hydrogens (primary N) is 1. The monoisotopic (exact) mass is 453 g/mol. The number of benzene rings is 2. The predicted octanol–water partition coefficient (Wildman–Crippen LogP) is 5.36. The van der Waals surface area contributed by atoms with E-state index in [0.29, 0.717) is 10.9 Å². The van der Waals surface area contributed by atoms with Gasteiger partial charge in [0.25, 0.3) is 0 Å². The summed E-state index contributed by atoms with van der Waals surface area (Å²) in [5, 5.41) is 13.4. The van der Waals surface area contributed by atoms with E-state index in [1.54, 1.807) is 13.3 Å². The summed E-state index contributed by atoms with van der Waals surface area (Å²) in [6.45, 7) is 0. The summed E-state index contributed by atoms with van der Waals surface area (Å²) in [5.41, 5.74) is 9.57. The molecule has 4 rings (SSSR count). The van der Waals surface area contributed by atoms with Crippen molar-refractivity contribution in [1.82, 2.24) is 15.2 Å². The summed E-state index contributed by atoms with van der Waals surface area (Å²) in [7, 11) is 1.65. The van der Waals surface area contributed by atoms with Gasteiger partial charge < -0.3 is 15.8 Å². The standard InChI is InChI=1S/C20H16BrN5OS/c1-27-16-4-2-3-15(18(16)12-9-10-23-17(22)11-12)19-25-26-20(28-19)24-14-7-5-13(21)6-8-14/h2-11H,1H3,(H2,22,23)(H,24,26). The van der Waals surface area contributed by atoms with E-state index in [9.17, 15) is 0 Å². The second-order valence-corrected chi connectivity index (χ2v) is 7.79. The Balaban J connectivity index is 1.74. The summed E-state index contributed by atoms with van der Waals surface area (Å²) in [6.07, 6.45) is 1.68. The fraction of sp³-hybridized carbons (Fsp3) is 0.0500. The smallest absolute Gasteiger partial charge is 0.210 e. The van der Waals surface area contributed by atoms with Gasteiger partial charge in [0.05, 0.1) is 7.11 Å². The van der Waals surface area contributed by atoms with Crippen LogP contribution in [-0.4, -0.2) is 22.3 Å². The number of hydrogen-bond donors (Lipinski definition) is 2. The molecule has 0 bridgehead atoms. The van der Waals surface area contributed by atoms with Crippen LogP contribution < -0.4 is 15.8 Å². The van der Waals surface area contributed by atoms with E-state index in [0.717, 1.165) is 37.6 Å². The number of nitrogen functional groups attached to an aromatic ring is 1. The van der Waals surface area contributed by atoms with Crippen molar-refractivity contribution in [3.05, 3.63) is 65.3 Å². The quantitative estimate of drug-likeness (QED) is 0.422. The van der Waals surface area contributed by atoms with Gasteiger partial charge in [0.15, 0.2) is 0 Å². The first-order valence-electron chi connectivity index (χ1n) is 8.39. The highest BCUT2D eigenvalue weighted by Crippen LogP contribution is 2.41. The largest absolute Gasteiger partial charge is 0.496 e. The van der Waals surface area contributed by atoms with Crippen LogP contribution in [0.25, 0.3) is 21.7 Å². The molecule has 0 atom stereocenters. The van der Waals surface area contributed by atoms with Crippen molar-refractivity contribution >= 4 is 43.9 Å². The Kier molecular flexibility index (Phi) is 5.23. The second-order valence-electron chi connectivity index (χ2n) is 5.90. The molecule has 28 heavy (non-hydrogen) atoms. The first-order chi connectivity index (χ1) is 13.6. The number of aromatic nitrogens is 3. The fourth-order valence-electron chi connectivity index (χ4n) is 2.82. The van der Waals surface area contributed by atoms with Gasteiger partial charge in [-0.25, -0.2) is 4.98 Å². The van der Waals surface area contributed by atoms with E-state index >= 15 is 0 Å². The number of nitrogens with one attached hydrogen (secondary N) is 1. The number of anilines is 3. The van der Waals surface area contributed by atoms with Gasteiger partial charge in [-0.1, -0.05) is 39.4 Å². The number of ether oxygens (including phenoxy) is 1. The summed E-state index contributed by atoms with van der Waals surface area (Å²) >= 11 is 4.91. The molecule has 0 saturated carbocycles. The predicted molar refractivity (Wildman–Crippen MR) is 117 cm³/mol. The number of pyridine rings is 1. The normalized spacial score (nSPS) is 10.6.